The van der Waals surface area contributed by atoms with Crippen molar-refractivity contribution in [1.29, 1.82) is 0 Å². The van der Waals surface area contributed by atoms with Crippen LogP contribution in [0, 0.1) is 17.0 Å². The molecule has 0 atom stereocenters. The van der Waals surface area contributed by atoms with Gasteiger partial charge in [-0.25, -0.2) is 0 Å². The van der Waals surface area contributed by atoms with Crippen molar-refractivity contribution >= 4 is 23.0 Å². The van der Waals surface area contributed by atoms with E-state index in [0.717, 1.165) is 11.3 Å². The third-order valence-electron chi connectivity index (χ3n) is 3.13. The van der Waals surface area contributed by atoms with E-state index >= 15 is 0 Å². The molecule has 0 aliphatic heterocycles. The summed E-state index contributed by atoms with van der Waals surface area (Å²) >= 11 is 6.07. The zero-order chi connectivity index (χ0) is 15.4. The molecule has 0 aromatic heterocycles. The standard InChI is InChI=1S/C15H15ClN2O3/c1-10-3-4-12(8-14(10)16)17-9-11-7-13(18(19)20)5-6-15(11)21-2/h3-8,17H,9H2,1-2H3. The van der Waals surface area contributed by atoms with Gasteiger partial charge >= 0.3 is 0 Å². The van der Waals surface area contributed by atoms with E-state index in [-0.39, 0.29) is 5.69 Å². The van der Waals surface area contributed by atoms with Crippen molar-refractivity contribution in [1.82, 2.24) is 0 Å². The molecule has 0 radical (unpaired) electrons. The van der Waals surface area contributed by atoms with Gasteiger partial charge in [-0.1, -0.05) is 17.7 Å². The monoisotopic (exact) mass is 306 g/mol. The summed E-state index contributed by atoms with van der Waals surface area (Å²) < 4.78 is 5.22. The van der Waals surface area contributed by atoms with Crippen molar-refractivity contribution in [3.63, 3.8) is 0 Å². The average Bonchev–Trinajstić information content (AvgIpc) is 2.48. The number of anilines is 1. The lowest BCUT2D eigenvalue weighted by molar-refractivity contribution is -0.384. The molecular formula is C15H15ClN2O3. The number of rotatable bonds is 5. The number of benzene rings is 2. The first-order valence-corrected chi connectivity index (χ1v) is 6.70. The predicted molar refractivity (Wildman–Crippen MR) is 83.2 cm³/mol. The van der Waals surface area contributed by atoms with Crippen LogP contribution in [-0.2, 0) is 6.54 Å². The highest BCUT2D eigenvalue weighted by Gasteiger charge is 2.11. The number of hydrogen-bond donors (Lipinski definition) is 1. The van der Waals surface area contributed by atoms with Crippen LogP contribution in [0.25, 0.3) is 0 Å². The zero-order valence-electron chi connectivity index (χ0n) is 11.7. The number of ether oxygens (including phenoxy) is 1. The Hall–Kier alpha value is -2.27. The van der Waals surface area contributed by atoms with Gasteiger partial charge in [-0.15, -0.1) is 0 Å². The molecule has 5 nitrogen and oxygen atoms in total. The zero-order valence-corrected chi connectivity index (χ0v) is 12.5. The minimum atomic E-state index is -0.425. The highest BCUT2D eigenvalue weighted by atomic mass is 35.5. The van der Waals surface area contributed by atoms with E-state index in [0.29, 0.717) is 22.9 Å². The molecule has 0 bridgehead atoms. The van der Waals surface area contributed by atoms with Gasteiger partial charge in [0.2, 0.25) is 0 Å². The fourth-order valence-corrected chi connectivity index (χ4v) is 2.10. The lowest BCUT2D eigenvalue weighted by Gasteiger charge is -2.11. The van der Waals surface area contributed by atoms with Gasteiger partial charge in [-0.2, -0.15) is 0 Å². The molecule has 0 heterocycles. The van der Waals surface area contributed by atoms with Crippen molar-refractivity contribution in [3.05, 3.63) is 62.7 Å². The molecule has 0 unspecified atom stereocenters. The second kappa shape index (κ2) is 6.45. The lowest BCUT2D eigenvalue weighted by Crippen LogP contribution is -2.03. The summed E-state index contributed by atoms with van der Waals surface area (Å²) in [6, 6.07) is 10.2. The molecule has 0 aliphatic rings. The fraction of sp³-hybridized carbons (Fsp3) is 0.200. The largest absolute Gasteiger partial charge is 0.496 e. The Balaban J connectivity index is 2.19. The van der Waals surface area contributed by atoms with E-state index in [1.54, 1.807) is 6.07 Å². The highest BCUT2D eigenvalue weighted by Crippen LogP contribution is 2.26. The minimum Gasteiger partial charge on any atom is -0.496 e. The van der Waals surface area contributed by atoms with E-state index in [9.17, 15) is 10.1 Å². The molecular weight excluding hydrogens is 292 g/mol. The maximum absolute atomic E-state index is 10.8. The fourth-order valence-electron chi connectivity index (χ4n) is 1.92. The molecule has 2 aromatic carbocycles. The van der Waals surface area contributed by atoms with Gasteiger partial charge in [0, 0.05) is 35.0 Å². The molecule has 110 valence electrons. The second-order valence-electron chi connectivity index (χ2n) is 4.57. The van der Waals surface area contributed by atoms with E-state index in [1.165, 1.54) is 19.2 Å². The Morgan fingerprint density at radius 2 is 2.05 bits per heavy atom. The summed E-state index contributed by atoms with van der Waals surface area (Å²) in [6.07, 6.45) is 0. The van der Waals surface area contributed by atoms with Gasteiger partial charge in [-0.3, -0.25) is 10.1 Å². The number of non-ortho nitro benzene ring substituents is 1. The van der Waals surface area contributed by atoms with Gasteiger partial charge < -0.3 is 10.1 Å². The van der Waals surface area contributed by atoms with Crippen LogP contribution >= 0.6 is 11.6 Å². The molecule has 0 saturated heterocycles. The number of nitrogens with one attached hydrogen (secondary N) is 1. The molecule has 0 fully saturated rings. The average molecular weight is 307 g/mol. The number of nitro benzene ring substituents is 1. The minimum absolute atomic E-state index is 0.0366. The first kappa shape index (κ1) is 15.1. The van der Waals surface area contributed by atoms with Crippen molar-refractivity contribution in [3.8, 4) is 5.75 Å². The van der Waals surface area contributed by atoms with E-state index in [4.69, 9.17) is 16.3 Å². The molecule has 2 aromatic rings. The lowest BCUT2D eigenvalue weighted by atomic mass is 10.1. The Bertz CT molecular complexity index is 674. The third-order valence-corrected chi connectivity index (χ3v) is 3.54. The van der Waals surface area contributed by atoms with Gasteiger partial charge in [0.25, 0.3) is 5.69 Å². The first-order valence-electron chi connectivity index (χ1n) is 6.32. The van der Waals surface area contributed by atoms with Crippen LogP contribution < -0.4 is 10.1 Å². The summed E-state index contributed by atoms with van der Waals surface area (Å²) in [5, 5.41) is 14.7. The van der Waals surface area contributed by atoms with E-state index < -0.39 is 4.92 Å². The number of nitro groups is 1. The van der Waals surface area contributed by atoms with Crippen LogP contribution in [0.4, 0.5) is 11.4 Å². The van der Waals surface area contributed by atoms with Crippen LogP contribution in [0.2, 0.25) is 5.02 Å². The number of nitrogens with zero attached hydrogens (tertiary/aromatic N) is 1. The normalized spacial score (nSPS) is 10.2. The summed E-state index contributed by atoms with van der Waals surface area (Å²) in [6.45, 7) is 2.33. The van der Waals surface area contributed by atoms with Gasteiger partial charge in [0.15, 0.2) is 0 Å². The molecule has 0 aliphatic carbocycles. The Morgan fingerprint density at radius 1 is 1.29 bits per heavy atom. The molecule has 21 heavy (non-hydrogen) atoms. The molecule has 6 heteroatoms. The van der Waals surface area contributed by atoms with Gasteiger partial charge in [-0.05, 0) is 30.7 Å². The van der Waals surface area contributed by atoms with Crippen LogP contribution in [0.3, 0.4) is 0 Å². The van der Waals surface area contributed by atoms with Crippen molar-refractivity contribution in [2.24, 2.45) is 0 Å². The van der Waals surface area contributed by atoms with Crippen LogP contribution in [-0.4, -0.2) is 12.0 Å². The number of aryl methyl sites for hydroxylation is 1. The van der Waals surface area contributed by atoms with Gasteiger partial charge in [0.05, 0.1) is 12.0 Å². The quantitative estimate of drug-likeness (QED) is 0.665. The summed E-state index contributed by atoms with van der Waals surface area (Å²) in [5.41, 5.74) is 2.59. The maximum atomic E-state index is 10.8. The first-order chi connectivity index (χ1) is 10.0. The summed E-state index contributed by atoms with van der Waals surface area (Å²) in [7, 11) is 1.54. The molecule has 0 saturated carbocycles. The molecule has 1 N–H and O–H groups in total. The van der Waals surface area contributed by atoms with Crippen LogP contribution in [0.15, 0.2) is 36.4 Å². The molecule has 0 spiro atoms. The third kappa shape index (κ3) is 3.64. The van der Waals surface area contributed by atoms with Crippen molar-refractivity contribution in [2.75, 3.05) is 12.4 Å². The highest BCUT2D eigenvalue weighted by molar-refractivity contribution is 6.31. The van der Waals surface area contributed by atoms with Crippen LogP contribution in [0.5, 0.6) is 5.75 Å². The van der Waals surface area contributed by atoms with Gasteiger partial charge in [0.1, 0.15) is 5.75 Å². The Labute approximate surface area is 127 Å². The summed E-state index contributed by atoms with van der Waals surface area (Å²) in [5.74, 6) is 0.603. The number of halogens is 1. The Morgan fingerprint density at radius 3 is 2.67 bits per heavy atom. The van der Waals surface area contributed by atoms with Crippen LogP contribution in [0.1, 0.15) is 11.1 Å². The molecule has 0 amide bonds. The van der Waals surface area contributed by atoms with E-state index in [2.05, 4.69) is 5.32 Å². The Kier molecular flexibility index (Phi) is 4.65. The topological polar surface area (TPSA) is 64.4 Å². The molecule has 2 rings (SSSR count). The van der Waals surface area contributed by atoms with Crippen molar-refractivity contribution in [2.45, 2.75) is 13.5 Å². The van der Waals surface area contributed by atoms with E-state index in [1.807, 2.05) is 25.1 Å². The SMILES string of the molecule is COc1ccc([N+](=O)[O-])cc1CNc1ccc(C)c(Cl)c1. The maximum Gasteiger partial charge on any atom is 0.270 e. The number of methoxy groups -OCH3 is 1. The van der Waals surface area contributed by atoms with Crippen molar-refractivity contribution < 1.29 is 9.66 Å². The predicted octanol–water partition coefficient (Wildman–Crippen LogP) is 4.18. The smallest absolute Gasteiger partial charge is 0.270 e. The number of hydrogen-bond acceptors (Lipinski definition) is 4. The second-order valence-corrected chi connectivity index (χ2v) is 4.98. The summed E-state index contributed by atoms with van der Waals surface area (Å²) in [4.78, 5) is 10.4.